The van der Waals surface area contributed by atoms with Crippen molar-refractivity contribution < 1.29 is 9.90 Å². The van der Waals surface area contributed by atoms with Crippen LogP contribution in [0.2, 0.25) is 5.02 Å². The maximum atomic E-state index is 11.8. The van der Waals surface area contributed by atoms with E-state index >= 15 is 0 Å². The monoisotopic (exact) mass is 251 g/mol. The number of benzene rings is 1. The molecule has 1 amide bonds. The molecule has 3 nitrogen and oxygen atoms in total. The summed E-state index contributed by atoms with van der Waals surface area (Å²) in [5.74, 6) is 1.96. The fraction of sp³-hybridized carbons (Fsp3) is 0.308. The molecule has 0 fully saturated rings. The summed E-state index contributed by atoms with van der Waals surface area (Å²) in [7, 11) is 0. The normalized spacial score (nSPS) is 11.6. The summed E-state index contributed by atoms with van der Waals surface area (Å²) < 4.78 is 0. The molecule has 0 saturated carbocycles. The zero-order chi connectivity index (χ0) is 12.8. The number of hydrogen-bond donors (Lipinski definition) is 2. The minimum Gasteiger partial charge on any atom is -0.507 e. The van der Waals surface area contributed by atoms with Gasteiger partial charge in [0.25, 0.3) is 5.91 Å². The Morgan fingerprint density at radius 3 is 2.94 bits per heavy atom. The molecule has 90 valence electrons. The Labute approximate surface area is 106 Å². The van der Waals surface area contributed by atoms with E-state index in [0.717, 1.165) is 6.42 Å². The minimum absolute atomic E-state index is 0.112. The second-order valence-corrected chi connectivity index (χ2v) is 4.08. The number of terminal acetylenes is 1. The van der Waals surface area contributed by atoms with Crippen LogP contribution in [-0.2, 0) is 0 Å². The lowest BCUT2D eigenvalue weighted by atomic mass is 10.1. The lowest BCUT2D eigenvalue weighted by molar-refractivity contribution is 0.0941. The summed E-state index contributed by atoms with van der Waals surface area (Å²) in [4.78, 5) is 11.8. The van der Waals surface area contributed by atoms with Crippen LogP contribution in [-0.4, -0.2) is 17.1 Å². The van der Waals surface area contributed by atoms with Crippen LogP contribution in [0.3, 0.4) is 0 Å². The van der Waals surface area contributed by atoms with Crippen LogP contribution in [0, 0.1) is 12.3 Å². The lowest BCUT2D eigenvalue weighted by Gasteiger charge is -2.12. The van der Waals surface area contributed by atoms with Gasteiger partial charge in [-0.05, 0) is 24.6 Å². The molecule has 4 heteroatoms. The van der Waals surface area contributed by atoms with E-state index < -0.39 is 5.91 Å². The summed E-state index contributed by atoms with van der Waals surface area (Å²) in [6, 6.07) is 3.97. The fourth-order valence-corrected chi connectivity index (χ4v) is 1.58. The lowest BCUT2D eigenvalue weighted by Crippen LogP contribution is -2.33. The molecule has 0 aromatic heterocycles. The Kier molecular flexibility index (Phi) is 4.86. The molecule has 1 aromatic rings. The Balaban J connectivity index is 2.83. The van der Waals surface area contributed by atoms with Crippen molar-refractivity contribution >= 4 is 17.5 Å². The third-order valence-electron chi connectivity index (χ3n) is 2.29. The van der Waals surface area contributed by atoms with Crippen molar-refractivity contribution in [2.24, 2.45) is 0 Å². The van der Waals surface area contributed by atoms with Crippen molar-refractivity contribution in [1.29, 1.82) is 0 Å². The molecule has 1 aromatic carbocycles. The van der Waals surface area contributed by atoms with E-state index in [2.05, 4.69) is 11.2 Å². The highest BCUT2D eigenvalue weighted by molar-refractivity contribution is 6.31. The predicted octanol–water partition coefficient (Wildman–Crippen LogP) is 2.58. The molecule has 0 aliphatic carbocycles. The number of nitrogens with one attached hydrogen (secondary N) is 1. The zero-order valence-electron chi connectivity index (χ0n) is 9.53. The number of halogens is 1. The first kappa shape index (κ1) is 13.4. The smallest absolute Gasteiger partial charge is 0.256 e. The van der Waals surface area contributed by atoms with Crippen LogP contribution in [0.25, 0.3) is 0 Å². The van der Waals surface area contributed by atoms with E-state index in [9.17, 15) is 9.90 Å². The van der Waals surface area contributed by atoms with Gasteiger partial charge < -0.3 is 10.4 Å². The highest BCUT2D eigenvalue weighted by Crippen LogP contribution is 2.21. The van der Waals surface area contributed by atoms with Crippen LogP contribution in [0.4, 0.5) is 0 Å². The van der Waals surface area contributed by atoms with Crippen LogP contribution < -0.4 is 5.32 Å². The van der Waals surface area contributed by atoms with Gasteiger partial charge in [-0.25, -0.2) is 0 Å². The van der Waals surface area contributed by atoms with Crippen molar-refractivity contribution in [3.63, 3.8) is 0 Å². The number of amides is 1. The Hall–Kier alpha value is -1.66. The van der Waals surface area contributed by atoms with Gasteiger partial charge in [-0.2, -0.15) is 0 Å². The first-order chi connectivity index (χ1) is 8.08. The number of phenolic OH excluding ortho intramolecular Hbond substituents is 1. The molecule has 1 atom stereocenters. The second kappa shape index (κ2) is 6.17. The quantitative estimate of drug-likeness (QED) is 0.808. The number of carbonyl (C=O) groups excluding carboxylic acids is 1. The molecule has 0 spiro atoms. The topological polar surface area (TPSA) is 49.3 Å². The summed E-state index contributed by atoms with van der Waals surface area (Å²) in [6.07, 6.45) is 6.87. The summed E-state index contributed by atoms with van der Waals surface area (Å²) in [6.45, 7) is 1.98. The number of rotatable bonds is 4. The standard InChI is InChI=1S/C13H14ClNO2/c1-3-5-10(4-2)15-13(17)11-8-9(14)6-7-12(11)16/h2,6-8,10,16H,3,5H2,1H3,(H,15,17). The molecule has 1 rings (SSSR count). The van der Waals surface area contributed by atoms with Crippen LogP contribution in [0.15, 0.2) is 18.2 Å². The number of hydrogen-bond acceptors (Lipinski definition) is 2. The van der Waals surface area contributed by atoms with Crippen LogP contribution >= 0.6 is 11.6 Å². The number of carbonyl (C=O) groups is 1. The Bertz CT molecular complexity index is 451. The molecule has 2 N–H and O–H groups in total. The molecule has 0 saturated heterocycles. The van der Waals surface area contributed by atoms with Gasteiger partial charge in [0.2, 0.25) is 0 Å². The number of aromatic hydroxyl groups is 1. The first-order valence-electron chi connectivity index (χ1n) is 5.34. The van der Waals surface area contributed by atoms with Crippen molar-refractivity contribution in [1.82, 2.24) is 5.32 Å². The molecule has 0 heterocycles. The molecule has 0 bridgehead atoms. The maximum Gasteiger partial charge on any atom is 0.256 e. The summed E-state index contributed by atoms with van der Waals surface area (Å²) >= 11 is 5.76. The van der Waals surface area contributed by atoms with Gasteiger partial charge >= 0.3 is 0 Å². The Morgan fingerprint density at radius 2 is 2.35 bits per heavy atom. The van der Waals surface area contributed by atoms with Crippen molar-refractivity contribution in [3.8, 4) is 18.1 Å². The van der Waals surface area contributed by atoms with Crippen LogP contribution in [0.5, 0.6) is 5.75 Å². The molecule has 0 aliphatic heterocycles. The molecule has 17 heavy (non-hydrogen) atoms. The third kappa shape index (κ3) is 3.69. The van der Waals surface area contributed by atoms with E-state index in [-0.39, 0.29) is 17.4 Å². The van der Waals surface area contributed by atoms with E-state index in [0.29, 0.717) is 11.4 Å². The van der Waals surface area contributed by atoms with E-state index in [1.165, 1.54) is 18.2 Å². The highest BCUT2D eigenvalue weighted by atomic mass is 35.5. The average Bonchev–Trinajstić information content (AvgIpc) is 2.31. The van der Waals surface area contributed by atoms with Gasteiger partial charge in [-0.15, -0.1) is 6.42 Å². The molecule has 0 aliphatic rings. The highest BCUT2D eigenvalue weighted by Gasteiger charge is 2.14. The number of phenols is 1. The molecular formula is C13H14ClNO2. The molecule has 0 radical (unpaired) electrons. The maximum absolute atomic E-state index is 11.8. The van der Waals surface area contributed by atoms with E-state index in [4.69, 9.17) is 18.0 Å². The van der Waals surface area contributed by atoms with Gasteiger partial charge in [0, 0.05) is 5.02 Å². The Morgan fingerprint density at radius 1 is 1.65 bits per heavy atom. The molecular weight excluding hydrogens is 238 g/mol. The third-order valence-corrected chi connectivity index (χ3v) is 2.52. The van der Waals surface area contributed by atoms with Crippen molar-refractivity contribution in [3.05, 3.63) is 28.8 Å². The zero-order valence-corrected chi connectivity index (χ0v) is 10.3. The van der Waals surface area contributed by atoms with Gasteiger partial charge in [0.05, 0.1) is 11.6 Å². The van der Waals surface area contributed by atoms with Crippen molar-refractivity contribution in [2.45, 2.75) is 25.8 Å². The summed E-state index contributed by atoms with van der Waals surface area (Å²) in [5.41, 5.74) is 0.133. The van der Waals surface area contributed by atoms with Gasteiger partial charge in [-0.3, -0.25) is 4.79 Å². The fourth-order valence-electron chi connectivity index (χ4n) is 1.41. The van der Waals surface area contributed by atoms with Crippen molar-refractivity contribution in [2.75, 3.05) is 0 Å². The van der Waals surface area contributed by atoms with E-state index in [1.807, 2.05) is 6.92 Å². The first-order valence-corrected chi connectivity index (χ1v) is 5.71. The summed E-state index contributed by atoms with van der Waals surface area (Å²) in [5, 5.41) is 12.6. The molecule has 1 unspecified atom stereocenters. The predicted molar refractivity (Wildman–Crippen MR) is 68.1 cm³/mol. The minimum atomic E-state index is -0.415. The van der Waals surface area contributed by atoms with Gasteiger partial charge in [0.15, 0.2) is 0 Å². The second-order valence-electron chi connectivity index (χ2n) is 3.64. The van der Waals surface area contributed by atoms with Gasteiger partial charge in [-0.1, -0.05) is 30.9 Å². The SMILES string of the molecule is C#CC(CCC)NC(=O)c1cc(Cl)ccc1O. The average molecular weight is 252 g/mol. The van der Waals surface area contributed by atoms with E-state index in [1.54, 1.807) is 0 Å². The van der Waals surface area contributed by atoms with Gasteiger partial charge in [0.1, 0.15) is 5.75 Å². The van der Waals surface area contributed by atoms with Crippen LogP contribution in [0.1, 0.15) is 30.1 Å². The largest absolute Gasteiger partial charge is 0.507 e.